The van der Waals surface area contributed by atoms with Gasteiger partial charge in [0.05, 0.1) is 18.6 Å². The van der Waals surface area contributed by atoms with Crippen molar-refractivity contribution in [2.24, 2.45) is 5.73 Å². The normalized spacial score (nSPS) is 25.4. The highest BCUT2D eigenvalue weighted by Crippen LogP contribution is 2.31. The van der Waals surface area contributed by atoms with Crippen molar-refractivity contribution in [3.63, 3.8) is 0 Å². The van der Waals surface area contributed by atoms with E-state index in [1.165, 1.54) is 6.07 Å². The third-order valence-electron chi connectivity index (χ3n) is 3.87. The maximum Gasteiger partial charge on any atom is 0.236 e. The van der Waals surface area contributed by atoms with Gasteiger partial charge < -0.3 is 15.0 Å². The smallest absolute Gasteiger partial charge is 0.236 e. The van der Waals surface area contributed by atoms with E-state index in [-0.39, 0.29) is 18.3 Å². The first kappa shape index (κ1) is 14.4. The van der Waals surface area contributed by atoms with E-state index in [0.29, 0.717) is 35.5 Å². The molecule has 3 rings (SSSR count). The largest absolute Gasteiger partial charge is 0.379 e. The van der Waals surface area contributed by atoms with Gasteiger partial charge in [-0.1, -0.05) is 22.8 Å². The van der Waals surface area contributed by atoms with Gasteiger partial charge in [0, 0.05) is 23.0 Å². The Bertz CT molecular complexity index is 643. The monoisotopic (exact) mass is 311 g/mol. The molecule has 2 aromatic rings. The lowest BCUT2D eigenvalue weighted by molar-refractivity contribution is 0.169. The molecule has 0 radical (unpaired) electrons. The molecular weight excluding hydrogens is 297 g/mol. The summed E-state index contributed by atoms with van der Waals surface area (Å²) in [5, 5.41) is 4.24. The van der Waals surface area contributed by atoms with Crippen molar-refractivity contribution in [3.05, 3.63) is 46.3 Å². The number of nitrogens with two attached hydrogens (primary N) is 1. The van der Waals surface area contributed by atoms with Crippen molar-refractivity contribution in [1.82, 2.24) is 10.1 Å². The first-order valence-corrected chi connectivity index (χ1v) is 6.98. The summed E-state index contributed by atoms with van der Waals surface area (Å²) < 4.78 is 24.4. The Labute approximate surface area is 126 Å². The molecule has 0 saturated carbocycles. The highest BCUT2D eigenvalue weighted by atomic mass is 35.5. The molecule has 5 nitrogen and oxygen atoms in total. The van der Waals surface area contributed by atoms with Crippen LogP contribution in [-0.2, 0) is 16.6 Å². The third kappa shape index (κ3) is 2.54. The van der Waals surface area contributed by atoms with Crippen molar-refractivity contribution in [2.45, 2.75) is 24.8 Å². The van der Waals surface area contributed by atoms with Gasteiger partial charge in [-0.3, -0.25) is 0 Å². The number of ether oxygens (including phenoxy) is 1. The van der Waals surface area contributed by atoms with Crippen LogP contribution in [0.25, 0.3) is 0 Å². The van der Waals surface area contributed by atoms with Crippen molar-refractivity contribution >= 4 is 11.6 Å². The average Bonchev–Trinajstić information content (AvgIpc) is 3.03. The van der Waals surface area contributed by atoms with E-state index < -0.39 is 5.41 Å². The number of rotatable bonds is 3. The van der Waals surface area contributed by atoms with E-state index in [9.17, 15) is 4.39 Å². The van der Waals surface area contributed by atoms with Crippen LogP contribution in [-0.4, -0.2) is 29.4 Å². The molecule has 2 heterocycles. The Kier molecular flexibility index (Phi) is 3.69. The minimum absolute atomic E-state index is 0.168. The van der Waals surface area contributed by atoms with Gasteiger partial charge in [-0.15, -0.1) is 0 Å². The van der Waals surface area contributed by atoms with E-state index in [4.69, 9.17) is 26.6 Å². The molecule has 1 aromatic heterocycles. The van der Waals surface area contributed by atoms with Crippen LogP contribution in [0.4, 0.5) is 4.39 Å². The van der Waals surface area contributed by atoms with Crippen LogP contribution in [0.15, 0.2) is 22.7 Å². The Morgan fingerprint density at radius 2 is 2.33 bits per heavy atom. The predicted molar refractivity (Wildman–Crippen MR) is 74.7 cm³/mol. The van der Waals surface area contributed by atoms with Gasteiger partial charge in [-0.05, 0) is 19.1 Å². The maximum atomic E-state index is 13.8. The molecule has 1 aromatic carbocycles. The van der Waals surface area contributed by atoms with Crippen molar-refractivity contribution in [3.8, 4) is 0 Å². The molecular formula is C14H15ClFN3O2. The Balaban J connectivity index is 1.86. The molecule has 0 aliphatic carbocycles. The van der Waals surface area contributed by atoms with Crippen LogP contribution in [0.3, 0.4) is 0 Å². The van der Waals surface area contributed by atoms with E-state index in [1.54, 1.807) is 12.1 Å². The summed E-state index contributed by atoms with van der Waals surface area (Å²) in [5.41, 5.74) is 5.86. The lowest BCUT2D eigenvalue weighted by Crippen LogP contribution is -2.42. The number of hydrogen-bond acceptors (Lipinski definition) is 5. The van der Waals surface area contributed by atoms with E-state index in [1.807, 2.05) is 6.92 Å². The number of benzene rings is 1. The minimum atomic E-state index is -0.510. The van der Waals surface area contributed by atoms with E-state index in [2.05, 4.69) is 10.1 Å². The SMILES string of the molecule is CC1(c2nc(Cc3c(F)cccc3Cl)no2)COCC1N. The highest BCUT2D eigenvalue weighted by molar-refractivity contribution is 6.31. The van der Waals surface area contributed by atoms with Gasteiger partial charge in [-0.2, -0.15) is 4.98 Å². The number of hydrogen-bond donors (Lipinski definition) is 1. The Morgan fingerprint density at radius 1 is 1.52 bits per heavy atom. The fraction of sp³-hybridized carbons (Fsp3) is 0.429. The molecule has 2 atom stereocenters. The van der Waals surface area contributed by atoms with Gasteiger partial charge in [0.25, 0.3) is 0 Å². The zero-order chi connectivity index (χ0) is 15.0. The van der Waals surface area contributed by atoms with Crippen LogP contribution in [0.1, 0.15) is 24.2 Å². The molecule has 2 unspecified atom stereocenters. The molecule has 1 fully saturated rings. The van der Waals surface area contributed by atoms with Crippen LogP contribution >= 0.6 is 11.6 Å². The summed E-state index contributed by atoms with van der Waals surface area (Å²) in [7, 11) is 0. The second-order valence-electron chi connectivity index (χ2n) is 5.43. The van der Waals surface area contributed by atoms with Crippen molar-refractivity contribution < 1.29 is 13.7 Å². The Hall–Kier alpha value is -1.50. The molecule has 2 N–H and O–H groups in total. The quantitative estimate of drug-likeness (QED) is 0.939. The Morgan fingerprint density at radius 3 is 3.00 bits per heavy atom. The first-order valence-electron chi connectivity index (χ1n) is 6.60. The highest BCUT2D eigenvalue weighted by Gasteiger charge is 2.44. The average molecular weight is 312 g/mol. The number of aromatic nitrogens is 2. The summed E-state index contributed by atoms with van der Waals surface area (Å²) in [6.45, 7) is 2.79. The van der Waals surface area contributed by atoms with Gasteiger partial charge in [0.2, 0.25) is 5.89 Å². The molecule has 21 heavy (non-hydrogen) atoms. The third-order valence-corrected chi connectivity index (χ3v) is 4.23. The summed E-state index contributed by atoms with van der Waals surface area (Å²) in [6, 6.07) is 4.33. The minimum Gasteiger partial charge on any atom is -0.379 e. The number of halogens is 2. The lowest BCUT2D eigenvalue weighted by atomic mass is 9.86. The summed E-state index contributed by atoms with van der Waals surface area (Å²) in [5.74, 6) is 0.397. The second-order valence-corrected chi connectivity index (χ2v) is 5.84. The van der Waals surface area contributed by atoms with Crippen molar-refractivity contribution in [2.75, 3.05) is 13.2 Å². The van der Waals surface area contributed by atoms with E-state index >= 15 is 0 Å². The van der Waals surface area contributed by atoms with Crippen molar-refractivity contribution in [1.29, 1.82) is 0 Å². The van der Waals surface area contributed by atoms with Crippen LogP contribution < -0.4 is 5.73 Å². The zero-order valence-electron chi connectivity index (χ0n) is 11.5. The summed E-state index contributed by atoms with van der Waals surface area (Å²) in [6.07, 6.45) is 0.168. The maximum absolute atomic E-state index is 13.8. The molecule has 1 aliphatic heterocycles. The molecule has 0 amide bonds. The molecule has 0 bridgehead atoms. The van der Waals surface area contributed by atoms with Crippen LogP contribution in [0.2, 0.25) is 5.02 Å². The fourth-order valence-electron chi connectivity index (χ4n) is 2.33. The fourth-order valence-corrected chi connectivity index (χ4v) is 2.56. The molecule has 7 heteroatoms. The first-order chi connectivity index (χ1) is 10.0. The predicted octanol–water partition coefficient (Wildman–Crippen LogP) is 2.07. The summed E-state index contributed by atoms with van der Waals surface area (Å²) >= 11 is 6.00. The summed E-state index contributed by atoms with van der Waals surface area (Å²) in [4.78, 5) is 4.33. The standard InChI is InChI=1S/C14H15ClFN3O2/c1-14(7-20-6-11(14)17)13-18-12(19-21-13)5-8-9(15)3-2-4-10(8)16/h2-4,11H,5-7,17H2,1H3. The molecule has 0 spiro atoms. The molecule has 112 valence electrons. The zero-order valence-corrected chi connectivity index (χ0v) is 12.2. The molecule has 1 saturated heterocycles. The van der Waals surface area contributed by atoms with Gasteiger partial charge >= 0.3 is 0 Å². The van der Waals surface area contributed by atoms with Crippen LogP contribution in [0.5, 0.6) is 0 Å². The lowest BCUT2D eigenvalue weighted by Gasteiger charge is -2.21. The van der Waals surface area contributed by atoms with E-state index in [0.717, 1.165) is 0 Å². The van der Waals surface area contributed by atoms with Gasteiger partial charge in [0.1, 0.15) is 5.82 Å². The number of nitrogens with zero attached hydrogens (tertiary/aromatic N) is 2. The topological polar surface area (TPSA) is 74.2 Å². The van der Waals surface area contributed by atoms with Gasteiger partial charge in [-0.25, -0.2) is 4.39 Å². The van der Waals surface area contributed by atoms with Gasteiger partial charge in [0.15, 0.2) is 5.82 Å². The van der Waals surface area contributed by atoms with Crippen LogP contribution in [0, 0.1) is 5.82 Å². The molecule has 1 aliphatic rings. The second kappa shape index (κ2) is 5.36.